The Balaban J connectivity index is 1.87. The molecule has 1 unspecified atom stereocenters. The molecular formula is C15H23NO4S. The van der Waals surface area contributed by atoms with Gasteiger partial charge in [-0.25, -0.2) is 8.42 Å². The zero-order valence-corrected chi connectivity index (χ0v) is 13.3. The Bertz CT molecular complexity index is 558. The van der Waals surface area contributed by atoms with E-state index in [0.29, 0.717) is 12.1 Å². The van der Waals surface area contributed by atoms with Gasteiger partial charge in [-0.1, -0.05) is 12.1 Å². The van der Waals surface area contributed by atoms with E-state index < -0.39 is 15.9 Å². The van der Waals surface area contributed by atoms with Crippen molar-refractivity contribution in [2.24, 2.45) is 0 Å². The van der Waals surface area contributed by atoms with Crippen LogP contribution in [-0.4, -0.2) is 45.6 Å². The number of benzene rings is 1. The van der Waals surface area contributed by atoms with Crippen LogP contribution in [-0.2, 0) is 14.6 Å². The third-order valence-electron chi connectivity index (χ3n) is 4.18. The van der Waals surface area contributed by atoms with E-state index in [0.717, 1.165) is 19.4 Å². The van der Waals surface area contributed by atoms with E-state index in [1.807, 2.05) is 0 Å². The minimum atomic E-state index is -3.19. The highest BCUT2D eigenvalue weighted by atomic mass is 32.2. The SMILES string of the molecule is COC1(CNCC(O)c2ccc(S(C)(=O)=O)cc2)CCC1. The third kappa shape index (κ3) is 4.03. The lowest BCUT2D eigenvalue weighted by Gasteiger charge is -2.40. The van der Waals surface area contributed by atoms with E-state index in [1.165, 1.54) is 24.8 Å². The lowest BCUT2D eigenvalue weighted by molar-refractivity contribution is -0.0703. The van der Waals surface area contributed by atoms with Crippen molar-refractivity contribution < 1.29 is 18.3 Å². The summed E-state index contributed by atoms with van der Waals surface area (Å²) in [7, 11) is -1.47. The van der Waals surface area contributed by atoms with Gasteiger partial charge in [0.05, 0.1) is 16.6 Å². The van der Waals surface area contributed by atoms with Gasteiger partial charge >= 0.3 is 0 Å². The van der Waals surface area contributed by atoms with Crippen LogP contribution in [0.5, 0.6) is 0 Å². The molecule has 1 aliphatic carbocycles. The van der Waals surface area contributed by atoms with E-state index in [4.69, 9.17) is 4.74 Å². The normalized spacial score (nSPS) is 19.0. The average molecular weight is 313 g/mol. The third-order valence-corrected chi connectivity index (χ3v) is 5.30. The summed E-state index contributed by atoms with van der Waals surface area (Å²) < 4.78 is 28.3. The quantitative estimate of drug-likeness (QED) is 0.793. The maximum atomic E-state index is 11.4. The van der Waals surface area contributed by atoms with Gasteiger partial charge in [0, 0.05) is 26.5 Å². The monoisotopic (exact) mass is 313 g/mol. The molecule has 0 spiro atoms. The van der Waals surface area contributed by atoms with E-state index in [2.05, 4.69) is 5.32 Å². The number of nitrogens with one attached hydrogen (secondary N) is 1. The Morgan fingerprint density at radius 3 is 2.38 bits per heavy atom. The van der Waals surface area contributed by atoms with Crippen LogP contribution < -0.4 is 5.32 Å². The number of hydrogen-bond acceptors (Lipinski definition) is 5. The van der Waals surface area contributed by atoms with Crippen LogP contribution >= 0.6 is 0 Å². The fraction of sp³-hybridized carbons (Fsp3) is 0.600. The molecule has 2 N–H and O–H groups in total. The number of ether oxygens (including phenoxy) is 1. The van der Waals surface area contributed by atoms with Gasteiger partial charge in [-0.3, -0.25) is 0 Å². The van der Waals surface area contributed by atoms with E-state index >= 15 is 0 Å². The molecule has 2 rings (SSSR count). The largest absolute Gasteiger partial charge is 0.387 e. The van der Waals surface area contributed by atoms with Gasteiger partial charge in [-0.2, -0.15) is 0 Å². The molecule has 0 amide bonds. The van der Waals surface area contributed by atoms with E-state index in [-0.39, 0.29) is 10.5 Å². The Hall–Kier alpha value is -0.950. The van der Waals surface area contributed by atoms with Gasteiger partial charge in [0.1, 0.15) is 0 Å². The molecule has 1 aromatic rings. The van der Waals surface area contributed by atoms with Gasteiger partial charge in [0.25, 0.3) is 0 Å². The molecule has 0 heterocycles. The number of hydrogen-bond donors (Lipinski definition) is 2. The highest BCUT2D eigenvalue weighted by molar-refractivity contribution is 7.90. The van der Waals surface area contributed by atoms with Crippen LogP contribution in [0.2, 0.25) is 0 Å². The maximum absolute atomic E-state index is 11.4. The fourth-order valence-electron chi connectivity index (χ4n) is 2.52. The van der Waals surface area contributed by atoms with Crippen molar-refractivity contribution in [3.05, 3.63) is 29.8 Å². The van der Waals surface area contributed by atoms with Gasteiger partial charge in [-0.05, 0) is 37.0 Å². The van der Waals surface area contributed by atoms with Crippen molar-refractivity contribution >= 4 is 9.84 Å². The number of sulfone groups is 1. The molecule has 6 heteroatoms. The van der Waals surface area contributed by atoms with Crippen LogP contribution in [0.3, 0.4) is 0 Å². The molecule has 1 aliphatic rings. The summed E-state index contributed by atoms with van der Waals surface area (Å²) in [6.45, 7) is 1.14. The molecule has 5 nitrogen and oxygen atoms in total. The van der Waals surface area contributed by atoms with Gasteiger partial charge in [0.2, 0.25) is 0 Å². The van der Waals surface area contributed by atoms with E-state index in [1.54, 1.807) is 19.2 Å². The van der Waals surface area contributed by atoms with Crippen LogP contribution in [0, 0.1) is 0 Å². The van der Waals surface area contributed by atoms with Crippen LogP contribution in [0.15, 0.2) is 29.2 Å². The second-order valence-electron chi connectivity index (χ2n) is 5.73. The van der Waals surface area contributed by atoms with Gasteiger partial charge in [0.15, 0.2) is 9.84 Å². The molecule has 1 fully saturated rings. The average Bonchev–Trinajstić information content (AvgIpc) is 2.41. The van der Waals surface area contributed by atoms with E-state index in [9.17, 15) is 13.5 Å². The zero-order valence-electron chi connectivity index (χ0n) is 12.5. The Labute approximate surface area is 126 Å². The summed E-state index contributed by atoms with van der Waals surface area (Å²) in [6.07, 6.45) is 3.80. The highest BCUT2D eigenvalue weighted by Gasteiger charge is 2.36. The van der Waals surface area contributed by atoms with Crippen molar-refractivity contribution in [1.82, 2.24) is 5.32 Å². The molecule has 118 valence electrons. The van der Waals surface area contributed by atoms with Crippen molar-refractivity contribution in [3.8, 4) is 0 Å². The second kappa shape index (κ2) is 6.44. The summed E-state index contributed by atoms with van der Waals surface area (Å²) >= 11 is 0. The number of methoxy groups -OCH3 is 1. The predicted molar refractivity (Wildman–Crippen MR) is 81.0 cm³/mol. The molecular weight excluding hydrogens is 290 g/mol. The first-order valence-corrected chi connectivity index (χ1v) is 8.99. The second-order valence-corrected chi connectivity index (χ2v) is 7.74. The molecule has 21 heavy (non-hydrogen) atoms. The molecule has 0 saturated heterocycles. The summed E-state index contributed by atoms with van der Waals surface area (Å²) in [5.41, 5.74) is 0.634. The summed E-state index contributed by atoms with van der Waals surface area (Å²) in [5.74, 6) is 0. The summed E-state index contributed by atoms with van der Waals surface area (Å²) in [5, 5.41) is 13.4. The van der Waals surface area contributed by atoms with Crippen molar-refractivity contribution in [3.63, 3.8) is 0 Å². The lowest BCUT2D eigenvalue weighted by atomic mass is 9.80. The van der Waals surface area contributed by atoms with Crippen LogP contribution in [0.1, 0.15) is 30.9 Å². The van der Waals surface area contributed by atoms with Gasteiger partial charge in [-0.15, -0.1) is 0 Å². The number of aliphatic hydroxyl groups excluding tert-OH is 1. The Kier molecular flexibility index (Phi) is 5.03. The minimum absolute atomic E-state index is 0.0696. The first-order valence-electron chi connectivity index (χ1n) is 7.10. The van der Waals surface area contributed by atoms with Crippen LogP contribution in [0.25, 0.3) is 0 Å². The van der Waals surface area contributed by atoms with Crippen LogP contribution in [0.4, 0.5) is 0 Å². The Morgan fingerprint density at radius 1 is 1.33 bits per heavy atom. The zero-order chi connectivity index (χ0) is 15.5. The number of rotatable bonds is 7. The Morgan fingerprint density at radius 2 is 1.95 bits per heavy atom. The lowest BCUT2D eigenvalue weighted by Crippen LogP contribution is -2.48. The molecule has 1 aromatic carbocycles. The smallest absolute Gasteiger partial charge is 0.175 e. The molecule has 0 radical (unpaired) electrons. The first-order chi connectivity index (χ1) is 9.86. The topological polar surface area (TPSA) is 75.6 Å². The van der Waals surface area contributed by atoms with Crippen molar-refractivity contribution in [2.75, 3.05) is 26.5 Å². The molecule has 0 bridgehead atoms. The maximum Gasteiger partial charge on any atom is 0.175 e. The summed E-state index contributed by atoms with van der Waals surface area (Å²) in [4.78, 5) is 0.263. The molecule has 1 saturated carbocycles. The highest BCUT2D eigenvalue weighted by Crippen LogP contribution is 2.34. The van der Waals surface area contributed by atoms with Crippen molar-refractivity contribution in [2.45, 2.75) is 35.9 Å². The molecule has 1 atom stereocenters. The first kappa shape index (κ1) is 16.4. The van der Waals surface area contributed by atoms with Gasteiger partial charge < -0.3 is 15.2 Å². The molecule has 0 aromatic heterocycles. The fourth-order valence-corrected chi connectivity index (χ4v) is 3.15. The summed E-state index contributed by atoms with van der Waals surface area (Å²) in [6, 6.07) is 6.35. The molecule has 0 aliphatic heterocycles. The van der Waals surface area contributed by atoms with Crippen molar-refractivity contribution in [1.29, 1.82) is 0 Å². The number of aliphatic hydroxyl groups is 1. The standard InChI is InChI=1S/C15H23NO4S/c1-20-15(8-3-9-15)11-16-10-14(17)12-4-6-13(7-5-12)21(2,18)19/h4-7,14,16-17H,3,8-11H2,1-2H3. The minimum Gasteiger partial charge on any atom is -0.387 e. The predicted octanol–water partition coefficient (Wildman–Crippen LogP) is 1.28.